The predicted molar refractivity (Wildman–Crippen MR) is 67.8 cm³/mol. The smallest absolute Gasteiger partial charge is 0.261 e. The van der Waals surface area contributed by atoms with Crippen molar-refractivity contribution in [2.75, 3.05) is 0 Å². The molecule has 0 fully saturated rings. The van der Waals surface area contributed by atoms with Crippen LogP contribution in [0.25, 0.3) is 11.5 Å². The van der Waals surface area contributed by atoms with Crippen LogP contribution < -0.4 is 0 Å². The Labute approximate surface area is 108 Å². The molecule has 1 aromatic heterocycles. The molecule has 2 rings (SSSR count). The van der Waals surface area contributed by atoms with E-state index < -0.39 is 0 Å². The van der Waals surface area contributed by atoms with Gasteiger partial charge in [-0.25, -0.2) is 0 Å². The number of aromatic nitrogens is 2. The summed E-state index contributed by atoms with van der Waals surface area (Å²) < 4.78 is 5.96. The van der Waals surface area contributed by atoms with Crippen LogP contribution in [0.4, 0.5) is 0 Å². The van der Waals surface area contributed by atoms with Gasteiger partial charge in [0.25, 0.3) is 5.89 Å². The number of aromatic hydroxyl groups is 1. The van der Waals surface area contributed by atoms with Crippen LogP contribution in [-0.2, 0) is 5.41 Å². The summed E-state index contributed by atoms with van der Waals surface area (Å²) in [4.78, 5) is 4.29. The first kappa shape index (κ1) is 12.1. The maximum Gasteiger partial charge on any atom is 0.261 e. The van der Waals surface area contributed by atoms with Crippen LogP contribution in [0.2, 0.25) is 0 Å². The molecule has 2 aromatic rings. The molecule has 0 unspecified atom stereocenters. The number of hydrogen-bond acceptors (Lipinski definition) is 4. The van der Waals surface area contributed by atoms with Crippen molar-refractivity contribution in [3.05, 3.63) is 28.5 Å². The molecule has 17 heavy (non-hydrogen) atoms. The van der Waals surface area contributed by atoms with E-state index in [4.69, 9.17) is 4.52 Å². The molecule has 0 atom stereocenters. The first-order chi connectivity index (χ1) is 7.88. The van der Waals surface area contributed by atoms with Crippen molar-refractivity contribution in [2.24, 2.45) is 0 Å². The highest BCUT2D eigenvalue weighted by Gasteiger charge is 2.22. The molecule has 0 saturated heterocycles. The molecule has 0 radical (unpaired) electrons. The van der Waals surface area contributed by atoms with Gasteiger partial charge in [-0.05, 0) is 18.2 Å². The van der Waals surface area contributed by atoms with Crippen LogP contribution >= 0.6 is 15.9 Å². The molecule has 1 aromatic carbocycles. The van der Waals surface area contributed by atoms with Gasteiger partial charge in [-0.1, -0.05) is 41.9 Å². The van der Waals surface area contributed by atoms with Crippen molar-refractivity contribution in [1.29, 1.82) is 0 Å². The first-order valence-electron chi connectivity index (χ1n) is 5.21. The number of phenols is 1. The van der Waals surface area contributed by atoms with E-state index in [1.807, 2.05) is 26.8 Å². The van der Waals surface area contributed by atoms with E-state index in [0.29, 0.717) is 17.3 Å². The zero-order valence-corrected chi connectivity index (χ0v) is 11.4. The van der Waals surface area contributed by atoms with E-state index in [2.05, 4.69) is 26.1 Å². The van der Waals surface area contributed by atoms with Gasteiger partial charge in [-0.3, -0.25) is 0 Å². The van der Waals surface area contributed by atoms with Crippen LogP contribution in [0.15, 0.2) is 27.2 Å². The largest absolute Gasteiger partial charge is 0.507 e. The highest BCUT2D eigenvalue weighted by Crippen LogP contribution is 2.31. The van der Waals surface area contributed by atoms with Gasteiger partial charge in [0.2, 0.25) is 0 Å². The minimum Gasteiger partial charge on any atom is -0.507 e. The quantitative estimate of drug-likeness (QED) is 0.875. The summed E-state index contributed by atoms with van der Waals surface area (Å²) in [5.74, 6) is 1.07. The molecule has 0 amide bonds. The molecule has 1 heterocycles. The second kappa shape index (κ2) is 4.14. The van der Waals surface area contributed by atoms with Crippen molar-refractivity contribution in [1.82, 2.24) is 10.1 Å². The summed E-state index contributed by atoms with van der Waals surface area (Å²) in [6, 6.07) is 5.14. The van der Waals surface area contributed by atoms with Crippen molar-refractivity contribution < 1.29 is 9.63 Å². The number of hydrogen-bond donors (Lipinski definition) is 1. The predicted octanol–water partition coefficient (Wildman–Crippen LogP) is 3.50. The lowest BCUT2D eigenvalue weighted by atomic mass is 9.96. The lowest BCUT2D eigenvalue weighted by molar-refractivity contribution is 0.399. The normalized spacial score (nSPS) is 11.8. The van der Waals surface area contributed by atoms with E-state index in [1.54, 1.807) is 12.1 Å². The van der Waals surface area contributed by atoms with Gasteiger partial charge in [-0.2, -0.15) is 4.98 Å². The Hall–Kier alpha value is -1.36. The molecular formula is C12H13BrN2O2. The minimum atomic E-state index is -0.174. The first-order valence-corrected chi connectivity index (χ1v) is 6.00. The second-order valence-corrected chi connectivity index (χ2v) is 5.75. The average molecular weight is 297 g/mol. The maximum absolute atomic E-state index is 9.80. The third-order valence-corrected chi connectivity index (χ3v) is 2.78. The standard InChI is InChI=1S/C12H13BrN2O2/c1-12(2,3)11-14-10(17-15-11)8-5-4-7(13)6-9(8)16/h4-6,16H,1-3H3. The number of rotatable bonds is 1. The lowest BCUT2D eigenvalue weighted by Crippen LogP contribution is -2.13. The van der Waals surface area contributed by atoms with Gasteiger partial charge < -0.3 is 9.63 Å². The van der Waals surface area contributed by atoms with Crippen LogP contribution in [-0.4, -0.2) is 15.2 Å². The number of nitrogens with zero attached hydrogens (tertiary/aromatic N) is 2. The molecule has 0 bridgehead atoms. The zero-order valence-electron chi connectivity index (χ0n) is 9.86. The summed E-state index contributed by atoms with van der Waals surface area (Å²) in [5.41, 5.74) is 0.364. The molecule has 90 valence electrons. The zero-order chi connectivity index (χ0) is 12.6. The van der Waals surface area contributed by atoms with Gasteiger partial charge in [-0.15, -0.1) is 0 Å². The topological polar surface area (TPSA) is 59.2 Å². The minimum absolute atomic E-state index is 0.114. The number of phenolic OH excluding ortho intramolecular Hbond substituents is 1. The highest BCUT2D eigenvalue weighted by molar-refractivity contribution is 9.10. The molecule has 1 N–H and O–H groups in total. The van der Waals surface area contributed by atoms with Gasteiger partial charge >= 0.3 is 0 Å². The van der Waals surface area contributed by atoms with Gasteiger partial charge in [0.15, 0.2) is 5.82 Å². The third-order valence-electron chi connectivity index (χ3n) is 2.29. The SMILES string of the molecule is CC(C)(C)c1noc(-c2ccc(Br)cc2O)n1. The summed E-state index contributed by atoms with van der Waals surface area (Å²) >= 11 is 3.28. The highest BCUT2D eigenvalue weighted by atomic mass is 79.9. The van der Waals surface area contributed by atoms with Crippen molar-refractivity contribution >= 4 is 15.9 Å². The van der Waals surface area contributed by atoms with Gasteiger partial charge in [0.1, 0.15) is 5.75 Å². The Balaban J connectivity index is 2.44. The fourth-order valence-corrected chi connectivity index (χ4v) is 1.67. The Bertz CT molecular complexity index is 544. The molecule has 5 heteroatoms. The summed E-state index contributed by atoms with van der Waals surface area (Å²) in [7, 11) is 0. The van der Waals surface area contributed by atoms with E-state index in [1.165, 1.54) is 0 Å². The second-order valence-electron chi connectivity index (χ2n) is 4.83. The summed E-state index contributed by atoms with van der Waals surface area (Å²) in [5, 5.41) is 13.7. The van der Waals surface area contributed by atoms with Crippen LogP contribution in [0.3, 0.4) is 0 Å². The van der Waals surface area contributed by atoms with E-state index >= 15 is 0 Å². The monoisotopic (exact) mass is 296 g/mol. The van der Waals surface area contributed by atoms with Crippen LogP contribution in [0, 0.1) is 0 Å². The van der Waals surface area contributed by atoms with Gasteiger partial charge in [0.05, 0.1) is 5.56 Å². The third kappa shape index (κ3) is 2.49. The van der Waals surface area contributed by atoms with Crippen molar-refractivity contribution in [3.63, 3.8) is 0 Å². The summed E-state index contributed by atoms with van der Waals surface area (Å²) in [6.45, 7) is 6.01. The Morgan fingerprint density at radius 1 is 1.29 bits per heavy atom. The maximum atomic E-state index is 9.80. The fraction of sp³-hybridized carbons (Fsp3) is 0.333. The molecule has 0 saturated carbocycles. The van der Waals surface area contributed by atoms with Gasteiger partial charge in [0, 0.05) is 9.89 Å². The van der Waals surface area contributed by atoms with E-state index in [-0.39, 0.29) is 11.2 Å². The van der Waals surface area contributed by atoms with Crippen LogP contribution in [0.5, 0.6) is 5.75 Å². The van der Waals surface area contributed by atoms with Crippen LogP contribution in [0.1, 0.15) is 26.6 Å². The van der Waals surface area contributed by atoms with Crippen molar-refractivity contribution in [3.8, 4) is 17.2 Å². The Morgan fingerprint density at radius 3 is 2.53 bits per heavy atom. The Morgan fingerprint density at radius 2 is 2.00 bits per heavy atom. The average Bonchev–Trinajstić information content (AvgIpc) is 2.65. The number of benzene rings is 1. The Kier molecular flexibility index (Phi) is 2.95. The lowest BCUT2D eigenvalue weighted by Gasteiger charge is -2.10. The molecular weight excluding hydrogens is 284 g/mol. The molecule has 4 nitrogen and oxygen atoms in total. The van der Waals surface area contributed by atoms with E-state index in [9.17, 15) is 5.11 Å². The van der Waals surface area contributed by atoms with Crippen molar-refractivity contribution in [2.45, 2.75) is 26.2 Å². The molecule has 0 aliphatic heterocycles. The number of halogens is 1. The summed E-state index contributed by atoms with van der Waals surface area (Å²) in [6.07, 6.45) is 0. The molecule has 0 spiro atoms. The fourth-order valence-electron chi connectivity index (χ4n) is 1.32. The molecule has 0 aliphatic carbocycles. The molecule has 0 aliphatic rings. The van der Waals surface area contributed by atoms with E-state index in [0.717, 1.165) is 4.47 Å².